The molecule has 1 saturated heterocycles. The molecule has 0 saturated carbocycles. The molecule has 0 spiro atoms. The molecule has 1 N–H and O–H groups in total. The highest BCUT2D eigenvalue weighted by atomic mass is 19.1. The Labute approximate surface area is 111 Å². The van der Waals surface area contributed by atoms with Crippen molar-refractivity contribution in [2.24, 2.45) is 0 Å². The predicted octanol–water partition coefficient (Wildman–Crippen LogP) is 3.30. The molecule has 0 aliphatic carbocycles. The van der Waals surface area contributed by atoms with E-state index >= 15 is 0 Å². The first kappa shape index (κ1) is 12.3. The molecule has 0 aromatic heterocycles. The Morgan fingerprint density at radius 2 is 1.89 bits per heavy atom. The number of ketones is 1. The second-order valence-corrected chi connectivity index (χ2v) is 5.01. The van der Waals surface area contributed by atoms with Crippen LogP contribution in [0.25, 0.3) is 10.8 Å². The summed E-state index contributed by atoms with van der Waals surface area (Å²) < 4.78 is 13.7. The van der Waals surface area contributed by atoms with E-state index in [2.05, 4.69) is 5.32 Å². The maximum absolute atomic E-state index is 13.7. The van der Waals surface area contributed by atoms with Crippen LogP contribution in [0.4, 0.5) is 4.39 Å². The van der Waals surface area contributed by atoms with Gasteiger partial charge in [0.25, 0.3) is 0 Å². The fraction of sp³-hybridized carbons (Fsp3) is 0.312. The molecule has 1 heterocycles. The van der Waals surface area contributed by atoms with Crippen LogP contribution in [-0.4, -0.2) is 18.4 Å². The third kappa shape index (κ3) is 2.26. The first-order valence-electron chi connectivity index (χ1n) is 6.72. The molecular formula is C16H16FNO. The molecule has 1 atom stereocenters. The molecule has 1 unspecified atom stereocenters. The first-order valence-corrected chi connectivity index (χ1v) is 6.72. The summed E-state index contributed by atoms with van der Waals surface area (Å²) in [5.74, 6) is -0.195. The van der Waals surface area contributed by atoms with Crippen LogP contribution < -0.4 is 5.32 Å². The molecule has 2 aromatic carbocycles. The molecule has 0 bridgehead atoms. The minimum Gasteiger partial charge on any atom is -0.307 e. The van der Waals surface area contributed by atoms with Crippen molar-refractivity contribution in [3.8, 4) is 0 Å². The zero-order valence-electron chi connectivity index (χ0n) is 10.7. The van der Waals surface area contributed by atoms with Gasteiger partial charge in [0.15, 0.2) is 5.78 Å². The Hall–Kier alpha value is -1.74. The van der Waals surface area contributed by atoms with Crippen LogP contribution in [-0.2, 0) is 0 Å². The molecule has 98 valence electrons. The predicted molar refractivity (Wildman–Crippen MR) is 73.9 cm³/mol. The van der Waals surface area contributed by atoms with Gasteiger partial charge in [-0.1, -0.05) is 30.7 Å². The molecule has 1 aliphatic heterocycles. The Bertz CT molecular complexity index is 617. The molecule has 0 radical (unpaired) electrons. The van der Waals surface area contributed by atoms with E-state index in [0.29, 0.717) is 16.3 Å². The maximum Gasteiger partial charge on any atom is 0.180 e. The van der Waals surface area contributed by atoms with Crippen LogP contribution in [0.1, 0.15) is 29.6 Å². The third-order valence-electron chi connectivity index (χ3n) is 3.76. The number of piperidine rings is 1. The van der Waals surface area contributed by atoms with Gasteiger partial charge in [-0.2, -0.15) is 0 Å². The number of rotatable bonds is 2. The van der Waals surface area contributed by atoms with Crippen LogP contribution in [0.3, 0.4) is 0 Å². The lowest BCUT2D eigenvalue weighted by atomic mass is 9.93. The van der Waals surface area contributed by atoms with Gasteiger partial charge in [0.2, 0.25) is 0 Å². The van der Waals surface area contributed by atoms with E-state index in [1.807, 2.05) is 12.1 Å². The van der Waals surface area contributed by atoms with Crippen molar-refractivity contribution in [3.63, 3.8) is 0 Å². The summed E-state index contributed by atoms with van der Waals surface area (Å²) in [4.78, 5) is 12.5. The average molecular weight is 257 g/mol. The van der Waals surface area contributed by atoms with Crippen LogP contribution in [0.15, 0.2) is 36.4 Å². The fourth-order valence-electron chi connectivity index (χ4n) is 2.74. The van der Waals surface area contributed by atoms with Gasteiger partial charge in [0.05, 0.1) is 6.04 Å². The van der Waals surface area contributed by atoms with E-state index < -0.39 is 0 Å². The van der Waals surface area contributed by atoms with Crippen LogP contribution >= 0.6 is 0 Å². The number of Topliss-reactive ketones (excluding diaryl/α,β-unsaturated/α-hetero) is 1. The highest BCUT2D eigenvalue weighted by molar-refractivity contribution is 6.10. The van der Waals surface area contributed by atoms with Gasteiger partial charge in [-0.25, -0.2) is 4.39 Å². The zero-order valence-corrected chi connectivity index (χ0v) is 10.7. The standard InChI is InChI=1S/C16H16FNO/c17-14-9-8-13(11-5-1-2-6-12(11)14)16(19)15-7-3-4-10-18-15/h1-2,5-6,8-9,15,18H,3-4,7,10H2. The van der Waals surface area contributed by atoms with Crippen molar-refractivity contribution >= 4 is 16.6 Å². The minimum absolute atomic E-state index is 0.0795. The number of hydrogen-bond donors (Lipinski definition) is 1. The molecule has 19 heavy (non-hydrogen) atoms. The lowest BCUT2D eigenvalue weighted by molar-refractivity contribution is 0.0929. The monoisotopic (exact) mass is 257 g/mol. The highest BCUT2D eigenvalue weighted by Gasteiger charge is 2.23. The second-order valence-electron chi connectivity index (χ2n) is 5.01. The van der Waals surface area contributed by atoms with E-state index in [4.69, 9.17) is 0 Å². The zero-order chi connectivity index (χ0) is 13.2. The molecular weight excluding hydrogens is 241 g/mol. The van der Waals surface area contributed by atoms with Crippen molar-refractivity contribution in [2.45, 2.75) is 25.3 Å². The first-order chi connectivity index (χ1) is 9.27. The van der Waals surface area contributed by atoms with Crippen molar-refractivity contribution in [2.75, 3.05) is 6.54 Å². The molecule has 2 aromatic rings. The second kappa shape index (κ2) is 5.10. The lowest BCUT2D eigenvalue weighted by Gasteiger charge is -2.22. The summed E-state index contributed by atoms with van der Waals surface area (Å²) in [6.07, 6.45) is 3.06. The summed E-state index contributed by atoms with van der Waals surface area (Å²) >= 11 is 0. The molecule has 3 heteroatoms. The van der Waals surface area contributed by atoms with Gasteiger partial charge < -0.3 is 5.32 Å². The quantitative estimate of drug-likeness (QED) is 0.836. The molecule has 1 fully saturated rings. The van der Waals surface area contributed by atoms with Crippen molar-refractivity contribution < 1.29 is 9.18 Å². The van der Waals surface area contributed by atoms with Gasteiger partial charge >= 0.3 is 0 Å². The number of benzene rings is 2. The Balaban J connectivity index is 2.05. The summed E-state index contributed by atoms with van der Waals surface area (Å²) in [5, 5.41) is 4.48. The van der Waals surface area contributed by atoms with Gasteiger partial charge in [0.1, 0.15) is 5.82 Å². The van der Waals surface area contributed by atoms with E-state index in [9.17, 15) is 9.18 Å². The van der Waals surface area contributed by atoms with Gasteiger partial charge in [0, 0.05) is 10.9 Å². The fourth-order valence-corrected chi connectivity index (χ4v) is 2.74. The molecule has 2 nitrogen and oxygen atoms in total. The number of halogens is 1. The third-order valence-corrected chi connectivity index (χ3v) is 3.76. The molecule has 0 amide bonds. The van der Waals surface area contributed by atoms with E-state index in [1.165, 1.54) is 6.07 Å². The van der Waals surface area contributed by atoms with E-state index in [-0.39, 0.29) is 17.6 Å². The summed E-state index contributed by atoms with van der Waals surface area (Å²) in [6.45, 7) is 0.884. The largest absolute Gasteiger partial charge is 0.307 e. The summed E-state index contributed by atoms with van der Waals surface area (Å²) in [5.41, 5.74) is 0.622. The summed E-state index contributed by atoms with van der Waals surface area (Å²) in [6, 6.07) is 10.0. The maximum atomic E-state index is 13.7. The smallest absolute Gasteiger partial charge is 0.180 e. The Kier molecular flexibility index (Phi) is 3.30. The van der Waals surface area contributed by atoms with Gasteiger partial charge in [-0.15, -0.1) is 0 Å². The number of hydrogen-bond acceptors (Lipinski definition) is 2. The topological polar surface area (TPSA) is 29.1 Å². The Morgan fingerprint density at radius 3 is 2.63 bits per heavy atom. The van der Waals surface area contributed by atoms with Crippen molar-refractivity contribution in [1.82, 2.24) is 5.32 Å². The van der Waals surface area contributed by atoms with Gasteiger partial charge in [-0.3, -0.25) is 4.79 Å². The SMILES string of the molecule is O=C(c1ccc(F)c2ccccc12)C1CCCCN1. The van der Waals surface area contributed by atoms with Crippen LogP contribution in [0.2, 0.25) is 0 Å². The van der Waals surface area contributed by atoms with Crippen LogP contribution in [0.5, 0.6) is 0 Å². The number of carbonyl (C=O) groups excluding carboxylic acids is 1. The summed E-state index contributed by atoms with van der Waals surface area (Å²) in [7, 11) is 0. The number of fused-ring (bicyclic) bond motifs is 1. The van der Waals surface area contributed by atoms with Crippen molar-refractivity contribution in [3.05, 3.63) is 47.8 Å². The molecule has 1 aliphatic rings. The minimum atomic E-state index is -0.274. The highest BCUT2D eigenvalue weighted by Crippen LogP contribution is 2.24. The van der Waals surface area contributed by atoms with E-state index in [0.717, 1.165) is 25.8 Å². The van der Waals surface area contributed by atoms with Crippen LogP contribution in [0, 0.1) is 5.82 Å². The average Bonchev–Trinajstić information content (AvgIpc) is 2.48. The van der Waals surface area contributed by atoms with E-state index in [1.54, 1.807) is 18.2 Å². The number of carbonyl (C=O) groups is 1. The van der Waals surface area contributed by atoms with Crippen molar-refractivity contribution in [1.29, 1.82) is 0 Å². The Morgan fingerprint density at radius 1 is 1.11 bits per heavy atom. The van der Waals surface area contributed by atoms with Gasteiger partial charge in [-0.05, 0) is 36.9 Å². The normalized spacial score (nSPS) is 19.5. The lowest BCUT2D eigenvalue weighted by Crippen LogP contribution is -2.40. The number of nitrogens with one attached hydrogen (secondary N) is 1. The molecule has 3 rings (SSSR count).